The Bertz CT molecular complexity index is 1380. The molecule has 0 aliphatic heterocycles. The normalized spacial score (nSPS) is 10.2. The van der Waals surface area contributed by atoms with E-state index in [1.54, 1.807) is 19.5 Å². The Morgan fingerprint density at radius 3 is 2.07 bits per heavy atom. The molecular weight excluding hydrogens is 695 g/mol. The third kappa shape index (κ3) is 8.84. The first-order valence-corrected chi connectivity index (χ1v) is 13.1. The number of anilines is 2. The van der Waals surface area contributed by atoms with Gasteiger partial charge in [0.05, 0.1) is 13.7 Å². The molecule has 0 aliphatic rings. The largest absolute Gasteiger partial charge is 2.00 e. The molecule has 3 N–H and O–H groups in total. The minimum atomic E-state index is 0. The van der Waals surface area contributed by atoms with Crippen LogP contribution in [0.3, 0.4) is 0 Å². The van der Waals surface area contributed by atoms with E-state index in [1.807, 2.05) is 78.7 Å². The van der Waals surface area contributed by atoms with Gasteiger partial charge in [-0.05, 0) is 81.3 Å². The van der Waals surface area contributed by atoms with Crippen LogP contribution >= 0.6 is 0 Å². The van der Waals surface area contributed by atoms with Gasteiger partial charge >= 0.3 is 21.1 Å². The van der Waals surface area contributed by atoms with Crippen molar-refractivity contribution in [3.63, 3.8) is 0 Å². The van der Waals surface area contributed by atoms with Crippen LogP contribution < -0.4 is 25.2 Å². The molecule has 0 fully saturated rings. The van der Waals surface area contributed by atoms with Crippen molar-refractivity contribution in [2.45, 2.75) is 19.7 Å². The SMILES string of the molecule is CNCc1cc[c-]c(-c2cc(CO)ccn2)c1CNC.COc1ccnc(-c2[c-]ccc(N(C)C)c2N(C)C)c1.[Pt+2]. The van der Waals surface area contributed by atoms with Gasteiger partial charge in [-0.3, -0.25) is 0 Å². The molecule has 9 heteroatoms. The zero-order valence-corrected chi connectivity index (χ0v) is 27.1. The summed E-state index contributed by atoms with van der Waals surface area (Å²) in [6.07, 6.45) is 3.48. The maximum Gasteiger partial charge on any atom is 2.00 e. The van der Waals surface area contributed by atoms with Gasteiger partial charge < -0.3 is 40.2 Å². The van der Waals surface area contributed by atoms with E-state index in [0.717, 1.165) is 58.3 Å². The molecule has 0 saturated heterocycles. The van der Waals surface area contributed by atoms with E-state index in [4.69, 9.17) is 4.74 Å². The number of nitrogens with one attached hydrogen (secondary N) is 2. The van der Waals surface area contributed by atoms with Crippen LogP contribution in [0, 0.1) is 12.1 Å². The number of pyridine rings is 2. The molecule has 0 unspecified atom stereocenters. The number of methoxy groups -OCH3 is 1. The van der Waals surface area contributed by atoms with Crippen LogP contribution in [-0.4, -0.2) is 64.5 Å². The van der Waals surface area contributed by atoms with Crippen LogP contribution in [0.4, 0.5) is 11.4 Å². The second-order valence-corrected chi connectivity index (χ2v) is 9.58. The van der Waals surface area contributed by atoms with Gasteiger partial charge in [0.1, 0.15) is 5.75 Å². The van der Waals surface area contributed by atoms with E-state index >= 15 is 0 Å². The summed E-state index contributed by atoms with van der Waals surface area (Å²) in [6.45, 7) is 1.58. The van der Waals surface area contributed by atoms with Gasteiger partial charge in [0.25, 0.3) is 0 Å². The van der Waals surface area contributed by atoms with Gasteiger partial charge in [0.15, 0.2) is 0 Å². The summed E-state index contributed by atoms with van der Waals surface area (Å²) in [5.41, 5.74) is 9.17. The molecular formula is C32H40N6O2Pt. The smallest absolute Gasteiger partial charge is 0.497 e. The first-order valence-electron chi connectivity index (χ1n) is 13.1. The van der Waals surface area contributed by atoms with Crippen LogP contribution in [0.1, 0.15) is 16.7 Å². The number of benzene rings is 2. The third-order valence-electron chi connectivity index (χ3n) is 6.29. The van der Waals surface area contributed by atoms with E-state index in [1.165, 1.54) is 11.1 Å². The molecule has 0 radical (unpaired) electrons. The molecule has 41 heavy (non-hydrogen) atoms. The fourth-order valence-electron chi connectivity index (χ4n) is 4.41. The topological polar surface area (TPSA) is 85.8 Å². The minimum Gasteiger partial charge on any atom is -0.497 e. The van der Waals surface area contributed by atoms with Crippen LogP contribution in [-0.2, 0) is 40.8 Å². The Morgan fingerprint density at radius 2 is 1.46 bits per heavy atom. The Hall–Kier alpha value is -3.29. The summed E-state index contributed by atoms with van der Waals surface area (Å²) in [5, 5.41) is 15.6. The molecule has 0 saturated carbocycles. The number of nitrogens with zero attached hydrogens (tertiary/aromatic N) is 4. The van der Waals surface area contributed by atoms with Crippen molar-refractivity contribution in [3.8, 4) is 28.3 Å². The van der Waals surface area contributed by atoms with Gasteiger partial charge in [-0.1, -0.05) is 6.07 Å². The standard InChI is InChI=1S/2C16H20N3O.Pt/c1-18(2)15-8-6-7-13(16(15)19(3)4)14-11-12(20-5)9-10-17-14;1-17-9-13-4-3-5-14(15(13)10-18-2)16-8-12(11-20)6-7-19-16;/h6,8-11H,1-5H3;3-4,6-8,17-18,20H,9-11H2,1-2H3;/q2*-1;+2. The quantitative estimate of drug-likeness (QED) is 0.210. The summed E-state index contributed by atoms with van der Waals surface area (Å²) in [4.78, 5) is 13.0. The molecule has 0 aliphatic carbocycles. The summed E-state index contributed by atoms with van der Waals surface area (Å²) < 4.78 is 5.28. The second kappa shape index (κ2) is 16.8. The number of ether oxygens (including phenoxy) is 1. The molecule has 0 amide bonds. The fourth-order valence-corrected chi connectivity index (χ4v) is 4.41. The van der Waals surface area contributed by atoms with Crippen LogP contribution in [0.2, 0.25) is 0 Å². The predicted octanol–water partition coefficient (Wildman–Crippen LogP) is 4.17. The number of aliphatic hydroxyl groups excluding tert-OH is 1. The molecule has 0 bridgehead atoms. The number of aliphatic hydroxyl groups is 1. The molecule has 4 rings (SSSR count). The Morgan fingerprint density at radius 1 is 0.829 bits per heavy atom. The first-order chi connectivity index (χ1) is 19.3. The van der Waals surface area contributed by atoms with Gasteiger partial charge in [-0.15, -0.1) is 58.7 Å². The molecule has 0 spiro atoms. The molecule has 8 nitrogen and oxygen atoms in total. The first kappa shape index (κ1) is 33.9. The van der Waals surface area contributed by atoms with Crippen molar-refractivity contribution >= 4 is 11.4 Å². The van der Waals surface area contributed by atoms with Crippen molar-refractivity contribution in [1.29, 1.82) is 0 Å². The van der Waals surface area contributed by atoms with Gasteiger partial charge in [0, 0.05) is 33.0 Å². The number of hydrogen-bond donors (Lipinski definition) is 3. The molecule has 4 aromatic rings. The van der Waals surface area contributed by atoms with E-state index in [9.17, 15) is 5.11 Å². The van der Waals surface area contributed by atoms with Crippen LogP contribution in [0.25, 0.3) is 22.5 Å². The van der Waals surface area contributed by atoms with Crippen LogP contribution in [0.5, 0.6) is 5.75 Å². The van der Waals surface area contributed by atoms with Crippen molar-refractivity contribution in [2.75, 3.05) is 59.2 Å². The summed E-state index contributed by atoms with van der Waals surface area (Å²) in [7, 11) is 13.6. The van der Waals surface area contributed by atoms with E-state index in [2.05, 4.69) is 54.7 Å². The average molecular weight is 736 g/mol. The van der Waals surface area contributed by atoms with Crippen LogP contribution in [0.15, 0.2) is 60.9 Å². The third-order valence-corrected chi connectivity index (χ3v) is 6.29. The second-order valence-electron chi connectivity index (χ2n) is 9.58. The maximum atomic E-state index is 9.26. The predicted molar refractivity (Wildman–Crippen MR) is 164 cm³/mol. The zero-order valence-electron chi connectivity index (χ0n) is 24.9. The molecule has 2 aromatic heterocycles. The number of rotatable bonds is 10. The monoisotopic (exact) mass is 735 g/mol. The maximum absolute atomic E-state index is 9.26. The summed E-state index contributed by atoms with van der Waals surface area (Å²) in [6, 6.07) is 22.1. The summed E-state index contributed by atoms with van der Waals surface area (Å²) in [5.74, 6) is 0.795. The Labute approximate surface area is 259 Å². The van der Waals surface area contributed by atoms with Crippen molar-refractivity contribution < 1.29 is 30.9 Å². The number of aromatic nitrogens is 2. The number of hydrogen-bond acceptors (Lipinski definition) is 8. The van der Waals surface area contributed by atoms with E-state index in [0.29, 0.717) is 0 Å². The van der Waals surface area contributed by atoms with Gasteiger partial charge in [-0.25, -0.2) is 0 Å². The zero-order chi connectivity index (χ0) is 29.1. The molecule has 2 heterocycles. The average Bonchev–Trinajstić information content (AvgIpc) is 2.98. The Balaban J connectivity index is 0.000000280. The fraction of sp³-hybridized carbons (Fsp3) is 0.312. The van der Waals surface area contributed by atoms with E-state index < -0.39 is 0 Å². The molecule has 0 atom stereocenters. The molecule has 2 aromatic carbocycles. The van der Waals surface area contributed by atoms with E-state index in [-0.39, 0.29) is 27.7 Å². The van der Waals surface area contributed by atoms with Crippen molar-refractivity contribution in [3.05, 3.63) is 89.7 Å². The summed E-state index contributed by atoms with van der Waals surface area (Å²) >= 11 is 0. The van der Waals surface area contributed by atoms with Crippen molar-refractivity contribution in [1.82, 2.24) is 20.6 Å². The Kier molecular flexibility index (Phi) is 13.9. The van der Waals surface area contributed by atoms with Gasteiger partial charge in [-0.2, -0.15) is 0 Å². The van der Waals surface area contributed by atoms with Crippen molar-refractivity contribution in [2.24, 2.45) is 0 Å². The minimum absolute atomic E-state index is 0. The van der Waals surface area contributed by atoms with Gasteiger partial charge in [0.2, 0.25) is 0 Å². The molecule has 220 valence electrons.